The van der Waals surface area contributed by atoms with Crippen molar-refractivity contribution in [3.63, 3.8) is 0 Å². The molecule has 2 aromatic carbocycles. The fourth-order valence-electron chi connectivity index (χ4n) is 3.17. The lowest BCUT2D eigenvalue weighted by molar-refractivity contribution is -0.123. The zero-order chi connectivity index (χ0) is 21.3. The Hall–Kier alpha value is -3.36. The second kappa shape index (κ2) is 8.17. The Kier molecular flexibility index (Phi) is 5.43. The molecule has 3 aromatic rings. The highest BCUT2D eigenvalue weighted by atomic mass is 35.5. The van der Waals surface area contributed by atoms with Crippen LogP contribution >= 0.6 is 23.2 Å². The van der Waals surface area contributed by atoms with Crippen LogP contribution in [0.15, 0.2) is 53.3 Å². The molecule has 1 aliphatic heterocycles. The predicted octanol–water partition coefficient (Wildman–Crippen LogP) is 3.88. The van der Waals surface area contributed by atoms with Crippen molar-refractivity contribution in [1.82, 2.24) is 9.97 Å². The van der Waals surface area contributed by atoms with E-state index in [-0.39, 0.29) is 23.8 Å². The maximum absolute atomic E-state index is 12.9. The summed E-state index contributed by atoms with van der Waals surface area (Å²) >= 11 is 11.9. The molecule has 0 saturated heterocycles. The number of hydrogen-bond donors (Lipinski definition) is 4. The molecule has 0 aliphatic carbocycles. The Labute approximate surface area is 180 Å². The van der Waals surface area contributed by atoms with E-state index in [0.29, 0.717) is 21.4 Å². The van der Waals surface area contributed by atoms with Gasteiger partial charge in [-0.05, 0) is 30.3 Å². The van der Waals surface area contributed by atoms with Gasteiger partial charge >= 0.3 is 0 Å². The molecule has 2 heterocycles. The van der Waals surface area contributed by atoms with Crippen LogP contribution in [0, 0.1) is 0 Å². The molecule has 0 unspecified atom stereocenters. The number of carbonyl (C=O) groups is 2. The van der Waals surface area contributed by atoms with Crippen molar-refractivity contribution < 1.29 is 9.59 Å². The molecule has 1 aromatic heterocycles. The Balaban J connectivity index is 1.65. The van der Waals surface area contributed by atoms with E-state index in [9.17, 15) is 14.4 Å². The summed E-state index contributed by atoms with van der Waals surface area (Å²) < 4.78 is 0. The van der Waals surface area contributed by atoms with Crippen molar-refractivity contribution in [3.8, 4) is 0 Å². The molecular formula is C20H15Cl2N5O3. The number of H-pyrrole nitrogens is 1. The SMILES string of the molecule is O=C1C[C@@H](C(=O)Nc2cc(Cl)cc(Cl)c2)c2c(nc(Nc3ccccc3)[nH]c2=O)N1. The fourth-order valence-corrected chi connectivity index (χ4v) is 3.69. The first-order chi connectivity index (χ1) is 14.4. The molecule has 152 valence electrons. The summed E-state index contributed by atoms with van der Waals surface area (Å²) in [6, 6.07) is 13.7. The van der Waals surface area contributed by atoms with Crippen molar-refractivity contribution in [1.29, 1.82) is 0 Å². The van der Waals surface area contributed by atoms with E-state index >= 15 is 0 Å². The van der Waals surface area contributed by atoms with Crippen LogP contribution in [0.25, 0.3) is 0 Å². The molecular weight excluding hydrogens is 429 g/mol. The number of benzene rings is 2. The molecule has 0 saturated carbocycles. The maximum atomic E-state index is 12.9. The number of nitrogens with zero attached hydrogens (tertiary/aromatic N) is 1. The van der Waals surface area contributed by atoms with Crippen molar-refractivity contribution in [3.05, 3.63) is 74.5 Å². The minimum absolute atomic E-state index is 0.0395. The van der Waals surface area contributed by atoms with Crippen LogP contribution in [0.3, 0.4) is 0 Å². The molecule has 2 amide bonds. The van der Waals surface area contributed by atoms with Crippen molar-refractivity contribution in [2.75, 3.05) is 16.0 Å². The van der Waals surface area contributed by atoms with E-state index in [1.165, 1.54) is 18.2 Å². The highest BCUT2D eigenvalue weighted by Crippen LogP contribution is 2.31. The average Bonchev–Trinajstić information content (AvgIpc) is 2.67. The molecule has 0 bridgehead atoms. The number of halogens is 2. The average molecular weight is 444 g/mol. The molecule has 1 atom stereocenters. The lowest BCUT2D eigenvalue weighted by Gasteiger charge is -2.23. The largest absolute Gasteiger partial charge is 0.326 e. The van der Waals surface area contributed by atoms with E-state index in [1.807, 2.05) is 18.2 Å². The summed E-state index contributed by atoms with van der Waals surface area (Å²) in [6.07, 6.45) is -0.191. The molecule has 0 spiro atoms. The first-order valence-electron chi connectivity index (χ1n) is 8.92. The van der Waals surface area contributed by atoms with Crippen molar-refractivity contribution >= 4 is 58.2 Å². The Morgan fingerprint density at radius 3 is 2.43 bits per heavy atom. The Bertz CT molecular complexity index is 1180. The summed E-state index contributed by atoms with van der Waals surface area (Å²) in [4.78, 5) is 44.7. The second-order valence-corrected chi connectivity index (χ2v) is 7.49. The Morgan fingerprint density at radius 1 is 1.03 bits per heavy atom. The van der Waals surface area contributed by atoms with Gasteiger partial charge in [0, 0.05) is 27.8 Å². The van der Waals surface area contributed by atoms with E-state index in [0.717, 1.165) is 0 Å². The number of amides is 2. The van der Waals surface area contributed by atoms with Crippen LogP contribution < -0.4 is 21.5 Å². The Morgan fingerprint density at radius 2 is 1.73 bits per heavy atom. The number of fused-ring (bicyclic) bond motifs is 1. The van der Waals surface area contributed by atoms with E-state index in [4.69, 9.17) is 23.2 Å². The number of aromatic amines is 1. The topological polar surface area (TPSA) is 116 Å². The highest BCUT2D eigenvalue weighted by molar-refractivity contribution is 6.35. The lowest BCUT2D eigenvalue weighted by Crippen LogP contribution is -2.36. The summed E-state index contributed by atoms with van der Waals surface area (Å²) in [5, 5.41) is 8.86. The van der Waals surface area contributed by atoms with Crippen molar-refractivity contribution in [2.45, 2.75) is 12.3 Å². The van der Waals surface area contributed by atoms with Gasteiger partial charge in [0.2, 0.25) is 17.8 Å². The molecule has 4 rings (SSSR count). The molecule has 8 nitrogen and oxygen atoms in total. The van der Waals surface area contributed by atoms with Gasteiger partial charge < -0.3 is 16.0 Å². The minimum Gasteiger partial charge on any atom is -0.326 e. The van der Waals surface area contributed by atoms with Gasteiger partial charge in [-0.25, -0.2) is 0 Å². The summed E-state index contributed by atoms with van der Waals surface area (Å²) in [5.41, 5.74) is 0.619. The highest BCUT2D eigenvalue weighted by Gasteiger charge is 2.34. The summed E-state index contributed by atoms with van der Waals surface area (Å²) in [6.45, 7) is 0. The van der Waals surface area contributed by atoms with Gasteiger partial charge in [-0.3, -0.25) is 19.4 Å². The maximum Gasteiger partial charge on any atom is 0.258 e. The van der Waals surface area contributed by atoms with Gasteiger partial charge in [0.05, 0.1) is 11.5 Å². The van der Waals surface area contributed by atoms with Gasteiger partial charge in [-0.1, -0.05) is 41.4 Å². The third-order valence-corrected chi connectivity index (χ3v) is 4.87. The van der Waals surface area contributed by atoms with Gasteiger partial charge in [0.1, 0.15) is 5.82 Å². The van der Waals surface area contributed by atoms with Crippen LogP contribution in [-0.4, -0.2) is 21.8 Å². The van der Waals surface area contributed by atoms with Gasteiger partial charge in [-0.2, -0.15) is 4.98 Å². The lowest BCUT2D eigenvalue weighted by atomic mass is 9.92. The first-order valence-corrected chi connectivity index (χ1v) is 9.68. The number of hydrogen-bond acceptors (Lipinski definition) is 5. The number of carbonyl (C=O) groups excluding carboxylic acids is 2. The van der Waals surface area contributed by atoms with Crippen LogP contribution in [0.1, 0.15) is 17.9 Å². The number of nitrogens with one attached hydrogen (secondary N) is 4. The third-order valence-electron chi connectivity index (χ3n) is 4.43. The number of para-hydroxylation sites is 1. The molecule has 10 heteroatoms. The molecule has 4 N–H and O–H groups in total. The summed E-state index contributed by atoms with van der Waals surface area (Å²) in [7, 11) is 0. The summed E-state index contributed by atoms with van der Waals surface area (Å²) in [5.74, 6) is -1.80. The van der Waals surface area contributed by atoms with E-state index in [1.54, 1.807) is 12.1 Å². The fraction of sp³-hybridized carbons (Fsp3) is 0.100. The normalized spacial score (nSPS) is 15.1. The van der Waals surface area contributed by atoms with Crippen LogP contribution in [-0.2, 0) is 9.59 Å². The van der Waals surface area contributed by atoms with Gasteiger partial charge in [0.15, 0.2) is 0 Å². The molecule has 0 radical (unpaired) electrons. The standard InChI is InChI=1S/C20H15Cl2N5O3/c21-10-6-11(22)8-13(7-10)23-18(29)14-9-15(28)25-17-16(14)19(30)27-20(26-17)24-12-4-2-1-3-5-12/h1-8,14H,9H2,(H,23,29)(H3,24,25,26,27,28,30)/t14-/m1/s1. The van der Waals surface area contributed by atoms with Crippen molar-refractivity contribution in [2.24, 2.45) is 0 Å². The zero-order valence-corrected chi connectivity index (χ0v) is 16.8. The number of anilines is 4. The number of rotatable bonds is 4. The molecule has 30 heavy (non-hydrogen) atoms. The number of aromatic nitrogens is 2. The smallest absolute Gasteiger partial charge is 0.258 e. The van der Waals surface area contributed by atoms with Crippen LogP contribution in [0.2, 0.25) is 10.0 Å². The van der Waals surface area contributed by atoms with Gasteiger partial charge in [-0.15, -0.1) is 0 Å². The molecule has 0 fully saturated rings. The first kappa shape index (κ1) is 19.9. The zero-order valence-electron chi connectivity index (χ0n) is 15.3. The quantitative estimate of drug-likeness (QED) is 0.488. The monoisotopic (exact) mass is 443 g/mol. The van der Waals surface area contributed by atoms with Crippen LogP contribution in [0.4, 0.5) is 23.1 Å². The predicted molar refractivity (Wildman–Crippen MR) is 116 cm³/mol. The minimum atomic E-state index is -1.02. The molecule has 1 aliphatic rings. The second-order valence-electron chi connectivity index (χ2n) is 6.62. The van der Waals surface area contributed by atoms with E-state index in [2.05, 4.69) is 25.9 Å². The third kappa shape index (κ3) is 4.29. The van der Waals surface area contributed by atoms with Gasteiger partial charge in [0.25, 0.3) is 5.56 Å². The van der Waals surface area contributed by atoms with Crippen LogP contribution in [0.5, 0.6) is 0 Å². The van der Waals surface area contributed by atoms with E-state index < -0.39 is 23.3 Å².